The lowest BCUT2D eigenvalue weighted by Gasteiger charge is -2.38. The molecule has 2 amide bonds. The lowest BCUT2D eigenvalue weighted by atomic mass is 10.3. The lowest BCUT2D eigenvalue weighted by molar-refractivity contribution is 0.129. The van der Waals surface area contributed by atoms with Crippen molar-refractivity contribution in [2.75, 3.05) is 52.4 Å². The van der Waals surface area contributed by atoms with Gasteiger partial charge in [0, 0.05) is 52.4 Å². The molecule has 27 heavy (non-hydrogen) atoms. The van der Waals surface area contributed by atoms with E-state index in [-0.39, 0.29) is 17.0 Å². The van der Waals surface area contributed by atoms with Gasteiger partial charge < -0.3 is 19.9 Å². The van der Waals surface area contributed by atoms with Gasteiger partial charge in [0.15, 0.2) is 0 Å². The highest BCUT2D eigenvalue weighted by atomic mass is 32.2. The van der Waals surface area contributed by atoms with Gasteiger partial charge in [0.25, 0.3) is 0 Å². The highest BCUT2D eigenvalue weighted by molar-refractivity contribution is 7.89. The first-order valence-corrected chi connectivity index (χ1v) is 11.0. The van der Waals surface area contributed by atoms with Crippen LogP contribution in [0.3, 0.4) is 0 Å². The maximum absolute atomic E-state index is 12.9. The average Bonchev–Trinajstić information content (AvgIpc) is 3.53. The van der Waals surface area contributed by atoms with E-state index in [0.717, 1.165) is 25.9 Å². The van der Waals surface area contributed by atoms with Crippen molar-refractivity contribution < 1.29 is 17.9 Å². The van der Waals surface area contributed by atoms with Crippen LogP contribution in [-0.4, -0.2) is 87.0 Å². The van der Waals surface area contributed by atoms with E-state index in [0.29, 0.717) is 45.0 Å². The maximum atomic E-state index is 12.9. The Labute approximate surface area is 160 Å². The summed E-state index contributed by atoms with van der Waals surface area (Å²) in [6.07, 6.45) is 2.42. The van der Waals surface area contributed by atoms with Gasteiger partial charge in [-0.1, -0.05) is 0 Å². The molecular formula is C18H26N4O4S. The Bertz CT molecular complexity index is 765. The van der Waals surface area contributed by atoms with Crippen molar-refractivity contribution in [1.82, 2.24) is 19.4 Å². The summed E-state index contributed by atoms with van der Waals surface area (Å²) in [6.45, 7) is 4.50. The molecule has 2 aliphatic heterocycles. The molecule has 0 spiro atoms. The van der Waals surface area contributed by atoms with E-state index in [1.807, 2.05) is 4.90 Å². The first-order valence-electron chi connectivity index (χ1n) is 9.55. The number of hydrogen-bond acceptors (Lipinski definition) is 5. The van der Waals surface area contributed by atoms with E-state index in [1.165, 1.54) is 4.31 Å². The number of carbonyl (C=O) groups is 1. The SMILES string of the molecule is O=C(N1CCNCC1)N1CCN(S(=O)(=O)c2ccc(OC3CC3)cc2)CC1. The molecule has 0 bridgehead atoms. The summed E-state index contributed by atoms with van der Waals surface area (Å²) in [5.74, 6) is 0.711. The smallest absolute Gasteiger partial charge is 0.320 e. The van der Waals surface area contributed by atoms with Crippen molar-refractivity contribution in [2.45, 2.75) is 23.8 Å². The van der Waals surface area contributed by atoms with E-state index in [9.17, 15) is 13.2 Å². The minimum absolute atomic E-state index is 0.00938. The highest BCUT2D eigenvalue weighted by Crippen LogP contribution is 2.28. The van der Waals surface area contributed by atoms with Crippen LogP contribution in [0.5, 0.6) is 5.75 Å². The van der Waals surface area contributed by atoms with Crippen LogP contribution in [-0.2, 0) is 10.0 Å². The van der Waals surface area contributed by atoms with Crippen molar-refractivity contribution >= 4 is 16.1 Å². The molecule has 3 aliphatic rings. The second-order valence-electron chi connectivity index (χ2n) is 7.20. The second-order valence-corrected chi connectivity index (χ2v) is 9.14. The van der Waals surface area contributed by atoms with Crippen LogP contribution in [0.25, 0.3) is 0 Å². The largest absolute Gasteiger partial charge is 0.490 e. The van der Waals surface area contributed by atoms with Crippen LogP contribution in [0, 0.1) is 0 Å². The second kappa shape index (κ2) is 7.65. The predicted molar refractivity (Wildman–Crippen MR) is 100 cm³/mol. The average molecular weight is 394 g/mol. The van der Waals surface area contributed by atoms with Crippen LogP contribution in [0.1, 0.15) is 12.8 Å². The fourth-order valence-corrected chi connectivity index (χ4v) is 4.82. The number of rotatable bonds is 4. The van der Waals surface area contributed by atoms with Crippen molar-refractivity contribution in [1.29, 1.82) is 0 Å². The first kappa shape index (κ1) is 18.5. The zero-order valence-corrected chi connectivity index (χ0v) is 16.2. The number of nitrogens with zero attached hydrogens (tertiary/aromatic N) is 3. The molecule has 4 rings (SSSR count). The summed E-state index contributed by atoms with van der Waals surface area (Å²) in [5, 5.41) is 3.23. The number of benzene rings is 1. The molecule has 2 heterocycles. The molecule has 1 aromatic rings. The van der Waals surface area contributed by atoms with Crippen LogP contribution < -0.4 is 10.1 Å². The van der Waals surface area contributed by atoms with Gasteiger partial charge in [-0.25, -0.2) is 13.2 Å². The maximum Gasteiger partial charge on any atom is 0.320 e. The number of ether oxygens (including phenoxy) is 1. The topological polar surface area (TPSA) is 82.2 Å². The zero-order valence-electron chi connectivity index (χ0n) is 15.3. The number of amides is 2. The molecule has 8 nitrogen and oxygen atoms in total. The molecule has 1 saturated carbocycles. The minimum Gasteiger partial charge on any atom is -0.490 e. The van der Waals surface area contributed by atoms with Gasteiger partial charge in [-0.3, -0.25) is 0 Å². The Morgan fingerprint density at radius 2 is 1.52 bits per heavy atom. The third-order valence-electron chi connectivity index (χ3n) is 5.19. The van der Waals surface area contributed by atoms with Crippen LogP contribution in [0.2, 0.25) is 0 Å². The lowest BCUT2D eigenvalue weighted by Crippen LogP contribution is -2.56. The zero-order chi connectivity index (χ0) is 18.9. The highest BCUT2D eigenvalue weighted by Gasteiger charge is 2.32. The molecule has 0 atom stereocenters. The van der Waals surface area contributed by atoms with E-state index in [1.54, 1.807) is 29.2 Å². The van der Waals surface area contributed by atoms with Crippen LogP contribution in [0.15, 0.2) is 29.2 Å². The van der Waals surface area contributed by atoms with E-state index < -0.39 is 10.0 Å². The third-order valence-corrected chi connectivity index (χ3v) is 7.10. The van der Waals surface area contributed by atoms with Gasteiger partial charge in [-0.2, -0.15) is 4.31 Å². The predicted octanol–water partition coefficient (Wildman–Crippen LogP) is 0.559. The molecule has 0 aromatic heterocycles. The van der Waals surface area contributed by atoms with E-state index in [2.05, 4.69) is 5.32 Å². The number of carbonyl (C=O) groups excluding carboxylic acids is 1. The van der Waals surface area contributed by atoms with Crippen molar-refractivity contribution in [3.8, 4) is 5.75 Å². The quantitative estimate of drug-likeness (QED) is 0.807. The number of piperazine rings is 2. The van der Waals surface area contributed by atoms with Crippen LogP contribution in [0.4, 0.5) is 4.79 Å². The monoisotopic (exact) mass is 394 g/mol. The number of sulfonamides is 1. The Morgan fingerprint density at radius 1 is 0.926 bits per heavy atom. The summed E-state index contributed by atoms with van der Waals surface area (Å²) in [4.78, 5) is 16.4. The summed E-state index contributed by atoms with van der Waals surface area (Å²) in [5.41, 5.74) is 0. The van der Waals surface area contributed by atoms with Crippen LogP contribution >= 0.6 is 0 Å². The van der Waals surface area contributed by atoms with E-state index >= 15 is 0 Å². The molecular weight excluding hydrogens is 368 g/mol. The molecule has 1 N–H and O–H groups in total. The van der Waals surface area contributed by atoms with Crippen molar-refractivity contribution in [3.05, 3.63) is 24.3 Å². The molecule has 1 aromatic carbocycles. The first-order chi connectivity index (χ1) is 13.0. The number of nitrogens with one attached hydrogen (secondary N) is 1. The molecule has 0 unspecified atom stereocenters. The van der Waals surface area contributed by atoms with Gasteiger partial charge in [0.1, 0.15) is 5.75 Å². The molecule has 2 saturated heterocycles. The number of urea groups is 1. The molecule has 148 valence electrons. The fraction of sp³-hybridized carbons (Fsp3) is 0.611. The Balaban J connectivity index is 1.35. The standard InChI is InChI=1S/C18H26N4O4S/c23-18(20-9-7-19-8-10-20)21-11-13-22(14-12-21)27(24,25)17-5-3-16(4-6-17)26-15-1-2-15/h3-6,15,19H,1-2,7-14H2. The van der Waals surface area contributed by atoms with Gasteiger partial charge in [0.05, 0.1) is 11.0 Å². The fourth-order valence-electron chi connectivity index (χ4n) is 3.39. The molecule has 9 heteroatoms. The molecule has 3 fully saturated rings. The van der Waals surface area contributed by atoms with Gasteiger partial charge in [-0.15, -0.1) is 0 Å². The number of hydrogen-bond donors (Lipinski definition) is 1. The third kappa shape index (κ3) is 4.20. The van der Waals surface area contributed by atoms with E-state index in [4.69, 9.17) is 4.74 Å². The summed E-state index contributed by atoms with van der Waals surface area (Å²) >= 11 is 0. The summed E-state index contributed by atoms with van der Waals surface area (Å²) < 4.78 is 32.9. The van der Waals surface area contributed by atoms with Gasteiger partial charge in [-0.05, 0) is 37.1 Å². The normalized spacial score (nSPS) is 21.9. The van der Waals surface area contributed by atoms with Crippen molar-refractivity contribution in [3.63, 3.8) is 0 Å². The van der Waals surface area contributed by atoms with Gasteiger partial charge in [0.2, 0.25) is 10.0 Å². The molecule has 0 radical (unpaired) electrons. The van der Waals surface area contributed by atoms with Crippen molar-refractivity contribution in [2.24, 2.45) is 0 Å². The minimum atomic E-state index is -3.55. The Hall–Kier alpha value is -1.84. The van der Waals surface area contributed by atoms with Gasteiger partial charge >= 0.3 is 6.03 Å². The summed E-state index contributed by atoms with van der Waals surface area (Å²) in [7, 11) is -3.55. The molecule has 1 aliphatic carbocycles. The summed E-state index contributed by atoms with van der Waals surface area (Å²) in [6, 6.07) is 6.65. The Kier molecular flexibility index (Phi) is 5.25. The Morgan fingerprint density at radius 3 is 2.11 bits per heavy atom.